The molecule has 0 bridgehead atoms. The van der Waals surface area contributed by atoms with E-state index in [9.17, 15) is 18.0 Å². The summed E-state index contributed by atoms with van der Waals surface area (Å²) in [6.45, 7) is 0. The summed E-state index contributed by atoms with van der Waals surface area (Å²) in [5.74, 6) is -3.56. The molecule has 0 atom stereocenters. The third-order valence-corrected chi connectivity index (χ3v) is 3.18. The summed E-state index contributed by atoms with van der Waals surface area (Å²) in [6, 6.07) is 4.25. The molecule has 1 aliphatic heterocycles. The monoisotopic (exact) mass is 293 g/mol. The minimum absolute atomic E-state index is 0.166. The summed E-state index contributed by atoms with van der Waals surface area (Å²) in [5, 5.41) is 5.22. The molecule has 108 valence electrons. The van der Waals surface area contributed by atoms with Crippen LogP contribution in [-0.4, -0.2) is 5.91 Å². The van der Waals surface area contributed by atoms with Crippen molar-refractivity contribution >= 4 is 28.7 Å². The van der Waals surface area contributed by atoms with Gasteiger partial charge in [0.05, 0.1) is 23.5 Å². The number of amides is 1. The largest absolute Gasteiger partial charge is 0.397 e. The fourth-order valence-electron chi connectivity index (χ4n) is 2.17. The third kappa shape index (κ3) is 2.37. The van der Waals surface area contributed by atoms with Gasteiger partial charge < -0.3 is 16.4 Å². The number of rotatable bonds is 2. The van der Waals surface area contributed by atoms with Crippen molar-refractivity contribution in [3.63, 3.8) is 0 Å². The molecule has 0 aromatic heterocycles. The van der Waals surface area contributed by atoms with Gasteiger partial charge in [0.25, 0.3) is 0 Å². The Kier molecular flexibility index (Phi) is 2.97. The van der Waals surface area contributed by atoms with Crippen molar-refractivity contribution in [2.24, 2.45) is 0 Å². The lowest BCUT2D eigenvalue weighted by atomic mass is 10.1. The Balaban J connectivity index is 1.98. The topological polar surface area (TPSA) is 67.2 Å². The number of nitrogens with two attached hydrogens (primary N) is 1. The second-order valence-electron chi connectivity index (χ2n) is 4.69. The van der Waals surface area contributed by atoms with Crippen LogP contribution in [0.3, 0.4) is 0 Å². The van der Waals surface area contributed by atoms with Crippen molar-refractivity contribution < 1.29 is 18.0 Å². The minimum atomic E-state index is -1.27. The van der Waals surface area contributed by atoms with E-state index in [1.165, 1.54) is 6.07 Å². The number of nitrogens with one attached hydrogen (secondary N) is 2. The van der Waals surface area contributed by atoms with Crippen molar-refractivity contribution in [3.8, 4) is 0 Å². The summed E-state index contributed by atoms with van der Waals surface area (Å²) in [5.41, 5.74) is 7.42. The molecule has 4 nitrogen and oxygen atoms in total. The fourth-order valence-corrected chi connectivity index (χ4v) is 2.17. The molecular formula is C14H10F3N3O. The van der Waals surface area contributed by atoms with Crippen LogP contribution < -0.4 is 16.4 Å². The van der Waals surface area contributed by atoms with Crippen LogP contribution in [0.1, 0.15) is 5.56 Å². The first-order valence-corrected chi connectivity index (χ1v) is 6.08. The highest BCUT2D eigenvalue weighted by atomic mass is 19.2. The first-order valence-electron chi connectivity index (χ1n) is 6.08. The van der Waals surface area contributed by atoms with Crippen molar-refractivity contribution in [1.82, 2.24) is 0 Å². The molecule has 0 unspecified atom stereocenters. The molecule has 0 saturated heterocycles. The average molecular weight is 293 g/mol. The Morgan fingerprint density at radius 2 is 1.71 bits per heavy atom. The van der Waals surface area contributed by atoms with E-state index in [4.69, 9.17) is 5.73 Å². The van der Waals surface area contributed by atoms with Crippen LogP contribution in [0.4, 0.5) is 35.9 Å². The summed E-state index contributed by atoms with van der Waals surface area (Å²) < 4.78 is 39.7. The predicted octanol–water partition coefficient (Wildman–Crippen LogP) is 2.92. The first-order chi connectivity index (χ1) is 9.94. The lowest BCUT2D eigenvalue weighted by Gasteiger charge is -2.12. The molecule has 0 saturated carbocycles. The van der Waals surface area contributed by atoms with E-state index in [0.717, 1.165) is 5.56 Å². The van der Waals surface area contributed by atoms with Gasteiger partial charge >= 0.3 is 0 Å². The van der Waals surface area contributed by atoms with Crippen molar-refractivity contribution in [2.45, 2.75) is 6.42 Å². The minimum Gasteiger partial charge on any atom is -0.397 e. The van der Waals surface area contributed by atoms with Crippen LogP contribution >= 0.6 is 0 Å². The van der Waals surface area contributed by atoms with Gasteiger partial charge in [0, 0.05) is 17.8 Å². The molecular weight excluding hydrogens is 283 g/mol. The standard InChI is InChI=1S/C14H10F3N3O/c15-7-3-9(17)12(4-8(7)16)19-13-5-11-6(1-10(13)18)2-14(21)20-11/h1,3-5,19H,2,18H2,(H,20,21). The van der Waals surface area contributed by atoms with Gasteiger partial charge in [-0.3, -0.25) is 4.79 Å². The number of benzene rings is 2. The Morgan fingerprint density at radius 1 is 1.00 bits per heavy atom. The van der Waals surface area contributed by atoms with Gasteiger partial charge in [0.1, 0.15) is 5.82 Å². The number of halogens is 3. The molecule has 21 heavy (non-hydrogen) atoms. The summed E-state index contributed by atoms with van der Waals surface area (Å²) in [4.78, 5) is 11.3. The molecule has 3 rings (SSSR count). The fraction of sp³-hybridized carbons (Fsp3) is 0.0714. The van der Waals surface area contributed by atoms with Crippen molar-refractivity contribution in [3.05, 3.63) is 47.3 Å². The van der Waals surface area contributed by atoms with E-state index in [1.807, 2.05) is 0 Å². The van der Waals surface area contributed by atoms with Gasteiger partial charge in [0.2, 0.25) is 5.91 Å². The predicted molar refractivity (Wildman–Crippen MR) is 72.8 cm³/mol. The number of nitrogen functional groups attached to an aromatic ring is 1. The quantitative estimate of drug-likeness (QED) is 0.589. The molecule has 0 fully saturated rings. The highest BCUT2D eigenvalue weighted by molar-refractivity contribution is 6.01. The molecule has 0 aliphatic carbocycles. The molecule has 1 amide bonds. The van der Waals surface area contributed by atoms with E-state index in [0.29, 0.717) is 23.5 Å². The maximum absolute atomic E-state index is 13.6. The molecule has 4 N–H and O–H groups in total. The number of hydrogen-bond donors (Lipinski definition) is 3. The summed E-state index contributed by atoms with van der Waals surface area (Å²) in [7, 11) is 0. The normalized spacial score (nSPS) is 13.0. The summed E-state index contributed by atoms with van der Waals surface area (Å²) in [6.07, 6.45) is 0.222. The zero-order valence-electron chi connectivity index (χ0n) is 10.6. The van der Waals surface area contributed by atoms with Crippen LogP contribution in [-0.2, 0) is 11.2 Å². The Hall–Kier alpha value is -2.70. The number of anilines is 4. The summed E-state index contributed by atoms with van der Waals surface area (Å²) >= 11 is 0. The Morgan fingerprint density at radius 3 is 2.48 bits per heavy atom. The Bertz CT molecular complexity index is 762. The van der Waals surface area contributed by atoms with Crippen molar-refractivity contribution in [2.75, 3.05) is 16.4 Å². The van der Waals surface area contributed by atoms with E-state index in [1.54, 1.807) is 6.07 Å². The maximum Gasteiger partial charge on any atom is 0.228 e. The van der Waals surface area contributed by atoms with Crippen LogP contribution in [0.5, 0.6) is 0 Å². The van der Waals surface area contributed by atoms with Crippen LogP contribution in [0.2, 0.25) is 0 Å². The van der Waals surface area contributed by atoms with Crippen molar-refractivity contribution in [1.29, 1.82) is 0 Å². The third-order valence-electron chi connectivity index (χ3n) is 3.18. The van der Waals surface area contributed by atoms with E-state index in [-0.39, 0.29) is 23.7 Å². The van der Waals surface area contributed by atoms with Gasteiger partial charge in [-0.1, -0.05) is 0 Å². The number of carbonyl (C=O) groups excluding carboxylic acids is 1. The van der Waals surface area contributed by atoms with Crippen LogP contribution in [0, 0.1) is 17.5 Å². The molecule has 0 radical (unpaired) electrons. The SMILES string of the molecule is Nc1cc2c(cc1Nc1cc(F)c(F)cc1F)NC(=O)C2. The van der Waals surface area contributed by atoms with Gasteiger partial charge in [-0.2, -0.15) is 0 Å². The molecule has 7 heteroatoms. The van der Waals surface area contributed by atoms with Gasteiger partial charge in [-0.15, -0.1) is 0 Å². The zero-order valence-corrected chi connectivity index (χ0v) is 10.6. The van der Waals surface area contributed by atoms with E-state index < -0.39 is 17.5 Å². The second-order valence-corrected chi connectivity index (χ2v) is 4.69. The van der Waals surface area contributed by atoms with Crippen LogP contribution in [0.25, 0.3) is 0 Å². The smallest absolute Gasteiger partial charge is 0.228 e. The maximum atomic E-state index is 13.6. The highest BCUT2D eigenvalue weighted by Gasteiger charge is 2.20. The molecule has 1 heterocycles. The number of hydrogen-bond acceptors (Lipinski definition) is 3. The zero-order chi connectivity index (χ0) is 15.1. The van der Waals surface area contributed by atoms with Crippen LogP contribution in [0.15, 0.2) is 24.3 Å². The number of fused-ring (bicyclic) bond motifs is 1. The average Bonchev–Trinajstić information content (AvgIpc) is 2.75. The lowest BCUT2D eigenvalue weighted by Crippen LogP contribution is -2.04. The molecule has 2 aromatic rings. The highest BCUT2D eigenvalue weighted by Crippen LogP contribution is 2.34. The Labute approximate surface area is 117 Å². The molecule has 2 aromatic carbocycles. The van der Waals surface area contributed by atoms with Gasteiger partial charge in [-0.25, -0.2) is 13.2 Å². The number of carbonyl (C=O) groups is 1. The van der Waals surface area contributed by atoms with E-state index >= 15 is 0 Å². The molecule has 0 spiro atoms. The second kappa shape index (κ2) is 4.69. The van der Waals surface area contributed by atoms with Gasteiger partial charge in [-0.05, 0) is 17.7 Å². The van der Waals surface area contributed by atoms with Gasteiger partial charge in [0.15, 0.2) is 11.6 Å². The van der Waals surface area contributed by atoms with E-state index in [2.05, 4.69) is 10.6 Å². The molecule has 1 aliphatic rings. The first kappa shape index (κ1) is 13.3. The lowest BCUT2D eigenvalue weighted by molar-refractivity contribution is -0.115.